The second kappa shape index (κ2) is 12.3. The van der Waals surface area contributed by atoms with Crippen LogP contribution in [0.4, 0.5) is 4.39 Å². The van der Waals surface area contributed by atoms with E-state index in [2.05, 4.69) is 10.6 Å². The lowest BCUT2D eigenvalue weighted by Crippen LogP contribution is -2.52. The van der Waals surface area contributed by atoms with E-state index in [1.54, 1.807) is 0 Å². The van der Waals surface area contributed by atoms with Crippen LogP contribution in [0.3, 0.4) is 0 Å². The van der Waals surface area contributed by atoms with Gasteiger partial charge in [-0.05, 0) is 73.7 Å². The predicted octanol–water partition coefficient (Wildman–Crippen LogP) is 1.91. The molecule has 2 amide bonds. The molecule has 2 aromatic carbocycles. The fourth-order valence-corrected chi connectivity index (χ4v) is 6.25. The van der Waals surface area contributed by atoms with Gasteiger partial charge in [0.2, 0.25) is 15.9 Å². The molecular weight excluding hydrogens is 549 g/mol. The van der Waals surface area contributed by atoms with Crippen molar-refractivity contribution in [3.05, 3.63) is 59.9 Å². The van der Waals surface area contributed by atoms with Crippen molar-refractivity contribution < 1.29 is 35.6 Å². The van der Waals surface area contributed by atoms with Gasteiger partial charge in [-0.25, -0.2) is 21.2 Å². The number of ketones is 1. The third-order valence-corrected chi connectivity index (χ3v) is 9.25. The van der Waals surface area contributed by atoms with Gasteiger partial charge in [0, 0.05) is 18.4 Å². The first kappa shape index (κ1) is 30.4. The lowest BCUT2D eigenvalue weighted by Gasteiger charge is -2.23. The lowest BCUT2D eigenvalue weighted by atomic mass is 10.0. The fourth-order valence-electron chi connectivity index (χ4n) is 4.18. The number of carbonyl (C=O) groups excluding carboxylic acids is 3. The van der Waals surface area contributed by atoms with Crippen molar-refractivity contribution in [1.29, 1.82) is 0 Å². The second-order valence-corrected chi connectivity index (χ2v) is 13.9. The molecule has 3 rings (SSSR count). The summed E-state index contributed by atoms with van der Waals surface area (Å²) >= 11 is 0. The van der Waals surface area contributed by atoms with E-state index in [4.69, 9.17) is 0 Å². The SMILES string of the molecule is CC(C)C[C@@H](NC(=O)c1ccc(S(C)(=O)=O)cc1)C(=O)N[C@@H]1CCCN(S(=O)(=O)c2ccc(F)cc2)CC1=O. The van der Waals surface area contributed by atoms with Gasteiger partial charge in [-0.15, -0.1) is 0 Å². The Labute approximate surface area is 227 Å². The molecule has 2 N–H and O–H groups in total. The first-order chi connectivity index (χ1) is 18.2. The number of sulfonamides is 1. The maximum atomic E-state index is 13.2. The molecule has 1 saturated heterocycles. The number of Topliss-reactive ketones (excluding diaryl/α,β-unsaturated/α-hetero) is 1. The van der Waals surface area contributed by atoms with Crippen LogP contribution in [-0.4, -0.2) is 70.2 Å². The van der Waals surface area contributed by atoms with E-state index < -0.39 is 61.9 Å². The summed E-state index contributed by atoms with van der Waals surface area (Å²) in [4.78, 5) is 38.9. The first-order valence-corrected chi connectivity index (χ1v) is 15.7. The van der Waals surface area contributed by atoms with Gasteiger partial charge in [0.25, 0.3) is 5.91 Å². The Hall–Kier alpha value is -3.16. The van der Waals surface area contributed by atoms with Crippen LogP contribution in [0, 0.1) is 11.7 Å². The van der Waals surface area contributed by atoms with Crippen molar-refractivity contribution in [3.8, 4) is 0 Å². The molecule has 39 heavy (non-hydrogen) atoms. The second-order valence-electron chi connectivity index (χ2n) is 9.91. The summed E-state index contributed by atoms with van der Waals surface area (Å²) < 4.78 is 63.5. The molecule has 2 aromatic rings. The molecule has 0 radical (unpaired) electrons. The third kappa shape index (κ3) is 7.93. The van der Waals surface area contributed by atoms with Crippen LogP contribution in [0.25, 0.3) is 0 Å². The van der Waals surface area contributed by atoms with E-state index in [1.807, 2.05) is 13.8 Å². The molecule has 13 heteroatoms. The minimum atomic E-state index is -4.04. The molecule has 1 heterocycles. The van der Waals surface area contributed by atoms with Gasteiger partial charge in [-0.1, -0.05) is 13.8 Å². The molecular formula is C26H32FN3O7S2. The Kier molecular flexibility index (Phi) is 9.62. The zero-order chi connectivity index (χ0) is 29.0. The molecule has 1 aliphatic rings. The van der Waals surface area contributed by atoms with Crippen LogP contribution in [-0.2, 0) is 29.4 Å². The number of carbonyl (C=O) groups is 3. The maximum absolute atomic E-state index is 13.2. The standard InChI is InChI=1S/C26H32FN3O7S2/c1-17(2)15-23(29-25(32)18-6-10-20(11-7-18)38(3,34)35)26(33)28-22-5-4-14-30(16-24(22)31)39(36,37)21-12-8-19(27)9-13-21/h6-13,17,22-23H,4-5,14-16H2,1-3H3,(H,28,33)(H,29,32)/t22-,23-/m1/s1. The van der Waals surface area contributed by atoms with E-state index in [1.165, 1.54) is 24.3 Å². The number of hydrogen-bond acceptors (Lipinski definition) is 7. The quantitative estimate of drug-likeness (QED) is 0.460. The Balaban J connectivity index is 1.70. The van der Waals surface area contributed by atoms with Gasteiger partial charge >= 0.3 is 0 Å². The van der Waals surface area contributed by atoms with Crippen LogP contribution in [0.1, 0.15) is 43.5 Å². The summed E-state index contributed by atoms with van der Waals surface area (Å²) in [6, 6.07) is 7.68. The Bertz CT molecular complexity index is 1420. The maximum Gasteiger partial charge on any atom is 0.251 e. The highest BCUT2D eigenvalue weighted by Gasteiger charge is 2.34. The number of halogens is 1. The predicted molar refractivity (Wildman–Crippen MR) is 142 cm³/mol. The molecule has 1 fully saturated rings. The van der Waals surface area contributed by atoms with Crippen LogP contribution in [0.5, 0.6) is 0 Å². The molecule has 0 unspecified atom stereocenters. The number of hydrogen-bond donors (Lipinski definition) is 2. The molecule has 0 spiro atoms. The molecule has 10 nitrogen and oxygen atoms in total. The van der Waals surface area contributed by atoms with Gasteiger partial charge < -0.3 is 10.6 Å². The van der Waals surface area contributed by atoms with Crippen LogP contribution in [0.2, 0.25) is 0 Å². The van der Waals surface area contributed by atoms with Crippen molar-refractivity contribution in [2.75, 3.05) is 19.3 Å². The lowest BCUT2D eigenvalue weighted by molar-refractivity contribution is -0.129. The largest absolute Gasteiger partial charge is 0.344 e. The zero-order valence-corrected chi connectivity index (χ0v) is 23.5. The van der Waals surface area contributed by atoms with Crippen molar-refractivity contribution in [3.63, 3.8) is 0 Å². The summed E-state index contributed by atoms with van der Waals surface area (Å²) in [5.41, 5.74) is 0.163. The summed E-state index contributed by atoms with van der Waals surface area (Å²) in [5.74, 6) is -2.25. The number of benzene rings is 2. The first-order valence-electron chi connectivity index (χ1n) is 12.4. The molecule has 1 aliphatic heterocycles. The minimum Gasteiger partial charge on any atom is -0.344 e. The third-order valence-electron chi connectivity index (χ3n) is 6.26. The molecule has 212 valence electrons. The summed E-state index contributed by atoms with van der Waals surface area (Å²) in [6.45, 7) is 3.32. The molecule has 0 saturated carbocycles. The Morgan fingerprint density at radius 3 is 2.15 bits per heavy atom. The average Bonchev–Trinajstić information content (AvgIpc) is 3.04. The van der Waals surface area contributed by atoms with E-state index >= 15 is 0 Å². The number of rotatable bonds is 9. The van der Waals surface area contributed by atoms with Gasteiger partial charge in [0.15, 0.2) is 15.6 Å². The van der Waals surface area contributed by atoms with Crippen molar-refractivity contribution in [1.82, 2.24) is 14.9 Å². The van der Waals surface area contributed by atoms with Crippen LogP contribution >= 0.6 is 0 Å². The van der Waals surface area contributed by atoms with E-state index in [-0.39, 0.29) is 40.7 Å². The summed E-state index contributed by atoms with van der Waals surface area (Å²) in [7, 11) is -7.48. The Morgan fingerprint density at radius 2 is 1.59 bits per heavy atom. The smallest absolute Gasteiger partial charge is 0.251 e. The summed E-state index contributed by atoms with van der Waals surface area (Å²) in [5, 5.41) is 5.32. The normalized spacial score (nSPS) is 17.9. The molecule has 0 aliphatic carbocycles. The summed E-state index contributed by atoms with van der Waals surface area (Å²) in [6.07, 6.45) is 1.82. The van der Waals surface area contributed by atoms with Gasteiger partial charge in [-0.2, -0.15) is 4.31 Å². The monoisotopic (exact) mass is 581 g/mol. The van der Waals surface area contributed by atoms with E-state index in [0.717, 1.165) is 34.8 Å². The molecule has 0 bridgehead atoms. The highest BCUT2D eigenvalue weighted by Crippen LogP contribution is 2.20. The average molecular weight is 582 g/mol. The van der Waals surface area contributed by atoms with Gasteiger partial charge in [-0.3, -0.25) is 14.4 Å². The van der Waals surface area contributed by atoms with Crippen LogP contribution < -0.4 is 10.6 Å². The fraction of sp³-hybridized carbons (Fsp3) is 0.423. The molecule has 2 atom stereocenters. The van der Waals surface area contributed by atoms with E-state index in [9.17, 15) is 35.6 Å². The van der Waals surface area contributed by atoms with Crippen LogP contribution in [0.15, 0.2) is 58.3 Å². The van der Waals surface area contributed by atoms with Crippen molar-refractivity contribution in [2.45, 2.75) is 55.0 Å². The number of sulfone groups is 1. The Morgan fingerprint density at radius 1 is 1.00 bits per heavy atom. The van der Waals surface area contributed by atoms with Crippen molar-refractivity contribution in [2.24, 2.45) is 5.92 Å². The number of nitrogens with zero attached hydrogens (tertiary/aromatic N) is 1. The van der Waals surface area contributed by atoms with E-state index in [0.29, 0.717) is 6.42 Å². The minimum absolute atomic E-state index is 0.00911. The van der Waals surface area contributed by atoms with Gasteiger partial charge in [0.1, 0.15) is 11.9 Å². The highest BCUT2D eigenvalue weighted by atomic mass is 32.2. The number of nitrogens with one attached hydrogen (secondary N) is 2. The number of amides is 2. The molecule has 0 aromatic heterocycles. The van der Waals surface area contributed by atoms with Gasteiger partial charge in [0.05, 0.1) is 22.4 Å². The topological polar surface area (TPSA) is 147 Å². The zero-order valence-electron chi connectivity index (χ0n) is 21.9. The van der Waals surface area contributed by atoms with Crippen molar-refractivity contribution >= 4 is 37.5 Å². The highest BCUT2D eigenvalue weighted by molar-refractivity contribution is 7.90.